The van der Waals surface area contributed by atoms with E-state index in [0.29, 0.717) is 0 Å². The first kappa shape index (κ1) is 20.3. The van der Waals surface area contributed by atoms with Crippen molar-refractivity contribution in [1.29, 1.82) is 0 Å². The molecule has 1 fully saturated rings. The first-order valence-corrected chi connectivity index (χ1v) is 10.9. The second-order valence-electron chi connectivity index (χ2n) is 7.49. The Morgan fingerprint density at radius 1 is 1.20 bits per heavy atom. The summed E-state index contributed by atoms with van der Waals surface area (Å²) < 4.78 is 0. The fourth-order valence-electron chi connectivity index (χ4n) is 3.79. The molecule has 0 atom stereocenters. The number of rotatable bonds is 6. The Morgan fingerprint density at radius 2 is 1.93 bits per heavy atom. The van der Waals surface area contributed by atoms with Crippen LogP contribution in [0.15, 0.2) is 36.4 Å². The fourth-order valence-corrected chi connectivity index (χ4v) is 4.86. The molecule has 0 spiro atoms. The highest BCUT2D eigenvalue weighted by atomic mass is 32.1. The number of aromatic nitrogens is 2. The molecule has 1 saturated heterocycles. The largest absolute Gasteiger partial charge is 0.481 e. The number of aryl methyl sites for hydroxylation is 1. The minimum absolute atomic E-state index is 0.0509. The summed E-state index contributed by atoms with van der Waals surface area (Å²) in [7, 11) is 0. The number of benzene rings is 1. The van der Waals surface area contributed by atoms with Gasteiger partial charge in [0, 0.05) is 30.4 Å². The summed E-state index contributed by atoms with van der Waals surface area (Å²) in [6.45, 7) is 3.56. The van der Waals surface area contributed by atoms with Crippen molar-refractivity contribution in [3.8, 4) is 10.4 Å². The van der Waals surface area contributed by atoms with Crippen molar-refractivity contribution in [3.63, 3.8) is 0 Å². The number of piperidine rings is 1. The van der Waals surface area contributed by atoms with Gasteiger partial charge in [-0.05, 0) is 31.4 Å². The minimum Gasteiger partial charge on any atom is -0.481 e. The molecular weight excluding hydrogens is 400 g/mol. The highest BCUT2D eigenvalue weighted by Gasteiger charge is 2.27. The fraction of sp³-hybridized carbons (Fsp3) is 0.364. The van der Waals surface area contributed by atoms with E-state index in [1.807, 2.05) is 25.1 Å². The Bertz CT molecular complexity index is 1060. The smallest absolute Gasteiger partial charge is 0.305 e. The molecule has 8 heteroatoms. The van der Waals surface area contributed by atoms with Crippen LogP contribution in [0.3, 0.4) is 0 Å². The lowest BCUT2D eigenvalue weighted by Gasteiger charge is -2.32. The van der Waals surface area contributed by atoms with Gasteiger partial charge >= 0.3 is 5.97 Å². The van der Waals surface area contributed by atoms with Crippen LogP contribution in [-0.4, -0.2) is 46.6 Å². The Balaban J connectivity index is 1.49. The van der Waals surface area contributed by atoms with Gasteiger partial charge < -0.3 is 15.3 Å². The zero-order valence-electron chi connectivity index (χ0n) is 16.8. The molecule has 1 aliphatic heterocycles. The lowest BCUT2D eigenvalue weighted by Crippen LogP contribution is -2.41. The van der Waals surface area contributed by atoms with Crippen molar-refractivity contribution in [2.75, 3.05) is 24.5 Å². The van der Waals surface area contributed by atoms with Crippen LogP contribution < -0.4 is 10.2 Å². The van der Waals surface area contributed by atoms with E-state index in [9.17, 15) is 9.59 Å². The molecule has 0 aliphatic carbocycles. The van der Waals surface area contributed by atoms with E-state index in [1.165, 1.54) is 10.4 Å². The molecule has 4 rings (SSSR count). The summed E-state index contributed by atoms with van der Waals surface area (Å²) in [6, 6.07) is 12.4. The molecule has 156 valence electrons. The average molecular weight is 425 g/mol. The van der Waals surface area contributed by atoms with Gasteiger partial charge in [0.25, 0.3) is 0 Å². The van der Waals surface area contributed by atoms with Crippen LogP contribution in [0.4, 0.5) is 5.82 Å². The molecule has 0 radical (unpaired) electrons. The number of amides is 1. The first-order valence-electron chi connectivity index (χ1n) is 10.1. The zero-order valence-corrected chi connectivity index (χ0v) is 17.6. The maximum Gasteiger partial charge on any atom is 0.305 e. The lowest BCUT2D eigenvalue weighted by atomic mass is 9.95. The SMILES string of the molecule is Cc1nc(N2CCC(C(=O)NCCC(=O)O)CC2)c2cc(-c3ccccc3)sc2n1. The van der Waals surface area contributed by atoms with Gasteiger partial charge in [0.2, 0.25) is 5.91 Å². The second-order valence-corrected chi connectivity index (χ2v) is 8.52. The highest BCUT2D eigenvalue weighted by molar-refractivity contribution is 7.21. The monoisotopic (exact) mass is 424 g/mol. The quantitative estimate of drug-likeness (QED) is 0.629. The standard InChI is InChI=1S/C22H24N4O3S/c1-14-24-20(17-13-18(30-22(17)25-14)15-5-3-2-4-6-15)26-11-8-16(9-12-26)21(29)23-10-7-19(27)28/h2-6,13,16H,7-12H2,1H3,(H,23,29)(H,27,28). The number of carbonyl (C=O) groups excluding carboxylic acids is 1. The second kappa shape index (κ2) is 8.79. The number of carbonyl (C=O) groups is 2. The molecule has 1 aliphatic rings. The summed E-state index contributed by atoms with van der Waals surface area (Å²) in [5.41, 5.74) is 1.17. The highest BCUT2D eigenvalue weighted by Crippen LogP contribution is 2.37. The number of hydrogen-bond donors (Lipinski definition) is 2. The number of aliphatic carboxylic acids is 1. The first-order chi connectivity index (χ1) is 14.5. The molecule has 0 saturated carbocycles. The van der Waals surface area contributed by atoms with Crippen LogP contribution in [0.25, 0.3) is 20.7 Å². The van der Waals surface area contributed by atoms with Crippen molar-refractivity contribution in [2.45, 2.75) is 26.2 Å². The summed E-state index contributed by atoms with van der Waals surface area (Å²) in [5.74, 6) is 0.629. The van der Waals surface area contributed by atoms with E-state index in [2.05, 4.69) is 33.4 Å². The van der Waals surface area contributed by atoms with Crippen LogP contribution >= 0.6 is 11.3 Å². The number of hydrogen-bond acceptors (Lipinski definition) is 6. The predicted octanol–water partition coefficient (Wildman–Crippen LogP) is 3.47. The van der Waals surface area contributed by atoms with Crippen molar-refractivity contribution in [2.24, 2.45) is 5.92 Å². The van der Waals surface area contributed by atoms with E-state index in [4.69, 9.17) is 10.1 Å². The van der Waals surface area contributed by atoms with Crippen molar-refractivity contribution in [1.82, 2.24) is 15.3 Å². The molecule has 2 N–H and O–H groups in total. The van der Waals surface area contributed by atoms with Gasteiger partial charge in [0.1, 0.15) is 16.5 Å². The third kappa shape index (κ3) is 4.43. The zero-order chi connectivity index (χ0) is 21.1. The maximum absolute atomic E-state index is 12.3. The van der Waals surface area contributed by atoms with Gasteiger partial charge in [0.05, 0.1) is 11.8 Å². The van der Waals surface area contributed by atoms with Gasteiger partial charge in [-0.25, -0.2) is 9.97 Å². The van der Waals surface area contributed by atoms with E-state index in [1.54, 1.807) is 11.3 Å². The van der Waals surface area contributed by atoms with E-state index >= 15 is 0 Å². The predicted molar refractivity (Wildman–Crippen MR) is 118 cm³/mol. The van der Waals surface area contributed by atoms with Gasteiger partial charge in [0.15, 0.2) is 0 Å². The van der Waals surface area contributed by atoms with Crippen LogP contribution in [0.5, 0.6) is 0 Å². The number of anilines is 1. The third-order valence-corrected chi connectivity index (χ3v) is 6.42. The molecule has 0 unspecified atom stereocenters. The minimum atomic E-state index is -0.904. The molecular formula is C22H24N4O3S. The average Bonchev–Trinajstić information content (AvgIpc) is 3.17. The Morgan fingerprint density at radius 3 is 2.63 bits per heavy atom. The van der Waals surface area contributed by atoms with Crippen LogP contribution in [0, 0.1) is 12.8 Å². The van der Waals surface area contributed by atoms with Gasteiger partial charge in [-0.15, -0.1) is 11.3 Å². The lowest BCUT2D eigenvalue weighted by molar-refractivity contribution is -0.137. The number of thiophene rings is 1. The van der Waals surface area contributed by atoms with Gasteiger partial charge in [-0.1, -0.05) is 30.3 Å². The molecule has 1 amide bonds. The molecule has 0 bridgehead atoms. The summed E-state index contributed by atoms with van der Waals surface area (Å²) in [6.07, 6.45) is 1.39. The number of nitrogens with zero attached hydrogens (tertiary/aromatic N) is 3. The number of carboxylic acids is 1. The normalized spacial score (nSPS) is 14.8. The van der Waals surface area contributed by atoms with E-state index in [0.717, 1.165) is 47.8 Å². The van der Waals surface area contributed by atoms with Crippen LogP contribution in [-0.2, 0) is 9.59 Å². The number of nitrogens with one attached hydrogen (secondary N) is 1. The van der Waals surface area contributed by atoms with Crippen LogP contribution in [0.2, 0.25) is 0 Å². The van der Waals surface area contributed by atoms with Gasteiger partial charge in [-0.2, -0.15) is 0 Å². The molecule has 3 heterocycles. The van der Waals surface area contributed by atoms with Crippen molar-refractivity contribution < 1.29 is 14.7 Å². The van der Waals surface area contributed by atoms with Crippen molar-refractivity contribution >= 4 is 39.2 Å². The Labute approximate surface area is 178 Å². The Hall–Kier alpha value is -3.00. The number of carboxylic acid groups (broad SMARTS) is 1. The molecule has 1 aromatic carbocycles. The molecule has 2 aromatic heterocycles. The Kier molecular flexibility index (Phi) is 5.94. The summed E-state index contributed by atoms with van der Waals surface area (Å²) in [4.78, 5) is 36.7. The topological polar surface area (TPSA) is 95.4 Å². The van der Waals surface area contributed by atoms with Crippen LogP contribution in [0.1, 0.15) is 25.1 Å². The molecule has 3 aromatic rings. The molecule has 7 nitrogen and oxygen atoms in total. The van der Waals surface area contributed by atoms with E-state index in [-0.39, 0.29) is 24.8 Å². The summed E-state index contributed by atoms with van der Waals surface area (Å²) in [5, 5.41) is 12.5. The maximum atomic E-state index is 12.3. The number of fused-ring (bicyclic) bond motifs is 1. The summed E-state index contributed by atoms with van der Waals surface area (Å²) >= 11 is 1.67. The third-order valence-electron chi connectivity index (χ3n) is 5.35. The molecule has 30 heavy (non-hydrogen) atoms. The van der Waals surface area contributed by atoms with E-state index < -0.39 is 5.97 Å². The van der Waals surface area contributed by atoms with Crippen molar-refractivity contribution in [3.05, 3.63) is 42.2 Å². The van der Waals surface area contributed by atoms with Gasteiger partial charge in [-0.3, -0.25) is 9.59 Å².